The van der Waals surface area contributed by atoms with Gasteiger partial charge in [0.25, 0.3) is 0 Å². The zero-order chi connectivity index (χ0) is 9.97. The summed E-state index contributed by atoms with van der Waals surface area (Å²) in [6, 6.07) is 10.3. The van der Waals surface area contributed by atoms with Gasteiger partial charge in [0.05, 0.1) is 4.88 Å². The van der Waals surface area contributed by atoms with Gasteiger partial charge in [-0.3, -0.25) is 4.99 Å². The van der Waals surface area contributed by atoms with Crippen LogP contribution in [0, 0.1) is 0 Å². The average molecular weight is 205 g/mol. The molecule has 0 spiro atoms. The minimum atomic E-state index is 0.728. The Morgan fingerprint density at radius 3 is 2.86 bits per heavy atom. The van der Waals surface area contributed by atoms with Gasteiger partial charge >= 0.3 is 0 Å². The topological polar surface area (TPSA) is 50.4 Å². The SMILES string of the molecule is CN=C(NN)c1cc2ccccc2s1. The van der Waals surface area contributed by atoms with Crippen molar-refractivity contribution in [3.05, 3.63) is 35.2 Å². The number of thiophene rings is 1. The molecule has 0 saturated heterocycles. The highest BCUT2D eigenvalue weighted by molar-refractivity contribution is 7.20. The summed E-state index contributed by atoms with van der Waals surface area (Å²) in [5.41, 5.74) is 2.59. The Morgan fingerprint density at radius 2 is 2.21 bits per heavy atom. The molecule has 1 heterocycles. The Balaban J connectivity index is 2.55. The fourth-order valence-corrected chi connectivity index (χ4v) is 2.41. The molecule has 0 aliphatic heterocycles. The first-order valence-corrected chi connectivity index (χ1v) is 5.09. The van der Waals surface area contributed by atoms with Crippen molar-refractivity contribution < 1.29 is 0 Å². The van der Waals surface area contributed by atoms with Crippen LogP contribution in [0.3, 0.4) is 0 Å². The highest BCUT2D eigenvalue weighted by Gasteiger charge is 2.05. The lowest BCUT2D eigenvalue weighted by Crippen LogP contribution is -2.30. The number of fused-ring (bicyclic) bond motifs is 1. The van der Waals surface area contributed by atoms with Gasteiger partial charge in [-0.2, -0.15) is 0 Å². The number of nitrogens with one attached hydrogen (secondary N) is 1. The van der Waals surface area contributed by atoms with Crippen molar-refractivity contribution in [2.45, 2.75) is 0 Å². The third-order valence-electron chi connectivity index (χ3n) is 2.02. The van der Waals surface area contributed by atoms with Crippen LogP contribution < -0.4 is 11.3 Å². The highest BCUT2D eigenvalue weighted by atomic mass is 32.1. The molecular weight excluding hydrogens is 194 g/mol. The number of aliphatic imine (C=N–C) groups is 1. The predicted octanol–water partition coefficient (Wildman–Crippen LogP) is 1.74. The fourth-order valence-electron chi connectivity index (χ4n) is 1.34. The molecule has 0 atom stereocenters. The largest absolute Gasteiger partial charge is 0.308 e. The maximum absolute atomic E-state index is 5.36. The smallest absolute Gasteiger partial charge is 0.152 e. The first-order valence-electron chi connectivity index (χ1n) is 4.27. The minimum absolute atomic E-state index is 0.728. The Labute approximate surface area is 86.2 Å². The van der Waals surface area contributed by atoms with Crippen molar-refractivity contribution in [1.29, 1.82) is 0 Å². The Morgan fingerprint density at radius 1 is 1.43 bits per heavy atom. The number of hydrogen-bond donors (Lipinski definition) is 2. The van der Waals surface area contributed by atoms with Gasteiger partial charge in [0.1, 0.15) is 0 Å². The lowest BCUT2D eigenvalue weighted by atomic mass is 10.2. The van der Waals surface area contributed by atoms with Crippen LogP contribution >= 0.6 is 11.3 Å². The molecule has 0 bridgehead atoms. The lowest BCUT2D eigenvalue weighted by molar-refractivity contribution is 1.02. The standard InChI is InChI=1S/C10H11N3S/c1-12-10(13-11)9-6-7-4-2-3-5-8(7)14-9/h2-6H,11H2,1H3,(H,12,13). The number of hydrazine groups is 1. The maximum atomic E-state index is 5.36. The molecule has 4 heteroatoms. The van der Waals surface area contributed by atoms with Crippen molar-refractivity contribution >= 4 is 27.3 Å². The van der Waals surface area contributed by atoms with Crippen LogP contribution in [-0.2, 0) is 0 Å². The van der Waals surface area contributed by atoms with E-state index in [1.807, 2.05) is 12.1 Å². The van der Waals surface area contributed by atoms with Crippen LogP contribution in [0.5, 0.6) is 0 Å². The van der Waals surface area contributed by atoms with E-state index >= 15 is 0 Å². The van der Waals surface area contributed by atoms with Gasteiger partial charge in [0, 0.05) is 11.7 Å². The van der Waals surface area contributed by atoms with Crippen LogP contribution in [-0.4, -0.2) is 12.9 Å². The van der Waals surface area contributed by atoms with Crippen molar-refractivity contribution in [1.82, 2.24) is 5.43 Å². The molecule has 0 amide bonds. The van der Waals surface area contributed by atoms with Crippen LogP contribution in [0.1, 0.15) is 4.88 Å². The summed E-state index contributed by atoms with van der Waals surface area (Å²) >= 11 is 1.68. The van der Waals surface area contributed by atoms with E-state index in [-0.39, 0.29) is 0 Å². The number of amidine groups is 1. The second kappa shape index (κ2) is 3.77. The second-order valence-electron chi connectivity index (χ2n) is 2.87. The van der Waals surface area contributed by atoms with E-state index in [0.717, 1.165) is 10.7 Å². The summed E-state index contributed by atoms with van der Waals surface area (Å²) in [4.78, 5) is 5.13. The molecule has 1 aromatic heterocycles. The van der Waals surface area contributed by atoms with Gasteiger partial charge < -0.3 is 5.43 Å². The first-order chi connectivity index (χ1) is 6.85. The first kappa shape index (κ1) is 9.18. The van der Waals surface area contributed by atoms with Gasteiger partial charge in [-0.1, -0.05) is 18.2 Å². The molecule has 0 fully saturated rings. The molecule has 0 radical (unpaired) electrons. The van der Waals surface area contributed by atoms with Gasteiger partial charge in [-0.15, -0.1) is 11.3 Å². The summed E-state index contributed by atoms with van der Waals surface area (Å²) < 4.78 is 1.25. The summed E-state index contributed by atoms with van der Waals surface area (Å²) in [6.45, 7) is 0. The molecule has 0 aliphatic carbocycles. The minimum Gasteiger partial charge on any atom is -0.308 e. The molecule has 0 saturated carbocycles. The summed E-state index contributed by atoms with van der Waals surface area (Å²) in [7, 11) is 1.72. The van der Waals surface area contributed by atoms with E-state index in [1.165, 1.54) is 10.1 Å². The molecule has 0 aliphatic rings. The third-order valence-corrected chi connectivity index (χ3v) is 3.14. The van der Waals surface area contributed by atoms with E-state index in [2.05, 4.69) is 28.6 Å². The molecule has 3 nitrogen and oxygen atoms in total. The fraction of sp³-hybridized carbons (Fsp3) is 0.100. The summed E-state index contributed by atoms with van der Waals surface area (Å²) in [5, 5.41) is 1.23. The van der Waals surface area contributed by atoms with Gasteiger partial charge in [-0.05, 0) is 17.5 Å². The van der Waals surface area contributed by atoms with Crippen molar-refractivity contribution in [3.63, 3.8) is 0 Å². The van der Waals surface area contributed by atoms with E-state index < -0.39 is 0 Å². The molecule has 14 heavy (non-hydrogen) atoms. The zero-order valence-electron chi connectivity index (χ0n) is 7.82. The molecule has 2 aromatic rings. The van der Waals surface area contributed by atoms with Crippen LogP contribution in [0.15, 0.2) is 35.3 Å². The highest BCUT2D eigenvalue weighted by Crippen LogP contribution is 2.24. The van der Waals surface area contributed by atoms with E-state index in [0.29, 0.717) is 0 Å². The van der Waals surface area contributed by atoms with Gasteiger partial charge in [0.15, 0.2) is 5.84 Å². The zero-order valence-corrected chi connectivity index (χ0v) is 8.64. The normalized spacial score (nSPS) is 12.0. The van der Waals surface area contributed by atoms with Gasteiger partial charge in [-0.25, -0.2) is 5.84 Å². The second-order valence-corrected chi connectivity index (χ2v) is 3.95. The number of nitrogens with zero attached hydrogens (tertiary/aromatic N) is 1. The third kappa shape index (κ3) is 1.49. The van der Waals surface area contributed by atoms with Crippen molar-refractivity contribution in [2.24, 2.45) is 10.8 Å². The number of hydrogen-bond acceptors (Lipinski definition) is 3. The maximum Gasteiger partial charge on any atom is 0.152 e. The van der Waals surface area contributed by atoms with Gasteiger partial charge in [0.2, 0.25) is 0 Å². The van der Waals surface area contributed by atoms with E-state index in [1.54, 1.807) is 18.4 Å². The number of nitrogens with two attached hydrogens (primary N) is 1. The lowest BCUT2D eigenvalue weighted by Gasteiger charge is -1.98. The van der Waals surface area contributed by atoms with Crippen LogP contribution in [0.25, 0.3) is 10.1 Å². The van der Waals surface area contributed by atoms with E-state index in [9.17, 15) is 0 Å². The Kier molecular flexibility index (Phi) is 2.47. The average Bonchev–Trinajstić information content (AvgIpc) is 2.63. The molecule has 72 valence electrons. The van der Waals surface area contributed by atoms with Crippen LogP contribution in [0.4, 0.5) is 0 Å². The predicted molar refractivity (Wildman–Crippen MR) is 61.6 cm³/mol. The Bertz CT molecular complexity index is 440. The molecular formula is C10H11N3S. The monoisotopic (exact) mass is 205 g/mol. The summed E-state index contributed by atoms with van der Waals surface area (Å²) in [6.07, 6.45) is 0. The number of rotatable bonds is 1. The molecule has 0 unspecified atom stereocenters. The van der Waals surface area contributed by atoms with E-state index in [4.69, 9.17) is 5.84 Å². The molecule has 3 N–H and O–H groups in total. The van der Waals surface area contributed by atoms with Crippen molar-refractivity contribution in [3.8, 4) is 0 Å². The van der Waals surface area contributed by atoms with Crippen molar-refractivity contribution in [2.75, 3.05) is 7.05 Å². The molecule has 1 aromatic carbocycles. The number of benzene rings is 1. The molecule has 2 rings (SSSR count). The Hall–Kier alpha value is -1.39. The summed E-state index contributed by atoms with van der Waals surface area (Å²) in [5.74, 6) is 6.09. The van der Waals surface area contributed by atoms with Crippen LogP contribution in [0.2, 0.25) is 0 Å². The quantitative estimate of drug-likeness (QED) is 0.322.